The summed E-state index contributed by atoms with van der Waals surface area (Å²) < 4.78 is 53.9. The molecule has 1 saturated heterocycles. The summed E-state index contributed by atoms with van der Waals surface area (Å²) in [6.45, 7) is 2.79. The third-order valence-electron chi connectivity index (χ3n) is 6.25. The van der Waals surface area contributed by atoms with E-state index in [-0.39, 0.29) is 17.3 Å². The molecule has 2 aromatic carbocycles. The van der Waals surface area contributed by atoms with Gasteiger partial charge in [0.2, 0.25) is 15.9 Å². The second-order valence-electron chi connectivity index (χ2n) is 8.75. The summed E-state index contributed by atoms with van der Waals surface area (Å²) in [7, 11) is -2.67. The van der Waals surface area contributed by atoms with Gasteiger partial charge in [0.05, 0.1) is 29.8 Å². The number of halogens is 1. The van der Waals surface area contributed by atoms with E-state index in [1.54, 1.807) is 35.0 Å². The fraction of sp³-hybridized carbons (Fsp3) is 0.385. The summed E-state index contributed by atoms with van der Waals surface area (Å²) in [6.07, 6.45) is 2.53. The first-order valence-electron chi connectivity index (χ1n) is 12.0. The molecule has 1 atom stereocenters. The van der Waals surface area contributed by atoms with Crippen molar-refractivity contribution in [3.63, 3.8) is 0 Å². The van der Waals surface area contributed by atoms with Crippen molar-refractivity contribution in [3.8, 4) is 11.5 Å². The van der Waals surface area contributed by atoms with Crippen LogP contribution in [0.5, 0.6) is 11.5 Å². The number of nitrogens with one attached hydrogen (secondary N) is 1. The molecule has 0 radical (unpaired) electrons. The molecular formula is C26H30FN3O5S2. The van der Waals surface area contributed by atoms with E-state index < -0.39 is 21.9 Å². The predicted octanol–water partition coefficient (Wildman–Crippen LogP) is 4.08. The van der Waals surface area contributed by atoms with Crippen molar-refractivity contribution >= 4 is 27.3 Å². The molecule has 0 bridgehead atoms. The second-order valence-corrected chi connectivity index (χ2v) is 11.6. The highest BCUT2D eigenvalue weighted by molar-refractivity contribution is 7.89. The Labute approximate surface area is 220 Å². The minimum absolute atomic E-state index is 0.0896. The smallest absolute Gasteiger partial charge is 0.244 e. The van der Waals surface area contributed by atoms with Gasteiger partial charge in [-0.3, -0.25) is 4.79 Å². The van der Waals surface area contributed by atoms with Crippen molar-refractivity contribution in [2.75, 3.05) is 20.3 Å². The number of rotatable bonds is 10. The first-order chi connectivity index (χ1) is 17.8. The molecule has 1 aliphatic heterocycles. The number of amides is 1. The predicted molar refractivity (Wildman–Crippen MR) is 139 cm³/mol. The lowest BCUT2D eigenvalue weighted by Crippen LogP contribution is -2.48. The number of aryl methyl sites for hydroxylation is 1. The fourth-order valence-corrected chi connectivity index (χ4v) is 6.65. The molecule has 2 heterocycles. The van der Waals surface area contributed by atoms with E-state index >= 15 is 0 Å². The third kappa shape index (κ3) is 6.46. The van der Waals surface area contributed by atoms with Gasteiger partial charge in [-0.05, 0) is 62.1 Å². The maximum Gasteiger partial charge on any atom is 0.244 e. The Kier molecular flexibility index (Phi) is 8.78. The molecule has 0 saturated carbocycles. The van der Waals surface area contributed by atoms with Crippen LogP contribution in [0.1, 0.15) is 35.4 Å². The Bertz CT molecular complexity index is 1350. The number of hydrogen-bond donors (Lipinski definition) is 1. The van der Waals surface area contributed by atoms with E-state index in [1.807, 2.05) is 6.92 Å². The van der Waals surface area contributed by atoms with Crippen LogP contribution in [0, 0.1) is 12.7 Å². The van der Waals surface area contributed by atoms with Crippen molar-refractivity contribution in [1.82, 2.24) is 14.6 Å². The molecule has 1 fully saturated rings. The summed E-state index contributed by atoms with van der Waals surface area (Å²) in [6, 6.07) is 9.10. The largest absolute Gasteiger partial charge is 0.493 e. The quantitative estimate of drug-likeness (QED) is 0.411. The SMILES string of the molecule is COc1cc(CN(C2CCCCNC2=O)S(=O)(=O)c2cccc(F)c2)ccc1OCCc1scnc1C. The third-order valence-corrected chi connectivity index (χ3v) is 9.10. The average Bonchev–Trinajstić information content (AvgIpc) is 3.17. The van der Waals surface area contributed by atoms with Crippen LogP contribution < -0.4 is 14.8 Å². The van der Waals surface area contributed by atoms with Crippen LogP contribution in [-0.4, -0.2) is 49.9 Å². The monoisotopic (exact) mass is 547 g/mol. The van der Waals surface area contributed by atoms with Crippen molar-refractivity contribution in [2.24, 2.45) is 0 Å². The van der Waals surface area contributed by atoms with Gasteiger partial charge in [0.25, 0.3) is 0 Å². The Morgan fingerprint density at radius 1 is 1.19 bits per heavy atom. The zero-order valence-corrected chi connectivity index (χ0v) is 22.4. The van der Waals surface area contributed by atoms with Crippen LogP contribution in [0.15, 0.2) is 52.9 Å². The lowest BCUT2D eigenvalue weighted by Gasteiger charge is -2.29. The molecule has 8 nitrogen and oxygen atoms in total. The van der Waals surface area contributed by atoms with Gasteiger partial charge in [-0.15, -0.1) is 11.3 Å². The topological polar surface area (TPSA) is 97.8 Å². The maximum atomic E-state index is 13.9. The van der Waals surface area contributed by atoms with Gasteiger partial charge >= 0.3 is 0 Å². The van der Waals surface area contributed by atoms with Crippen LogP contribution in [0.3, 0.4) is 0 Å². The molecule has 1 aromatic heterocycles. The number of thiazole rings is 1. The Morgan fingerprint density at radius 2 is 2.03 bits per heavy atom. The van der Waals surface area contributed by atoms with E-state index in [1.165, 1.54) is 25.3 Å². The number of aromatic nitrogens is 1. The van der Waals surface area contributed by atoms with E-state index in [0.29, 0.717) is 49.5 Å². The fourth-order valence-electron chi connectivity index (χ4n) is 4.25. The molecule has 1 unspecified atom stereocenters. The van der Waals surface area contributed by atoms with Crippen molar-refractivity contribution < 1.29 is 27.1 Å². The number of nitrogens with zero attached hydrogens (tertiary/aromatic N) is 2. The lowest BCUT2D eigenvalue weighted by atomic mass is 10.1. The number of carbonyl (C=O) groups is 1. The van der Waals surface area contributed by atoms with Crippen LogP contribution in [0.4, 0.5) is 4.39 Å². The average molecular weight is 548 g/mol. The van der Waals surface area contributed by atoms with Crippen molar-refractivity contribution in [2.45, 2.75) is 50.1 Å². The zero-order valence-electron chi connectivity index (χ0n) is 20.8. The highest BCUT2D eigenvalue weighted by atomic mass is 32.2. The molecule has 1 aliphatic rings. The Morgan fingerprint density at radius 3 is 2.76 bits per heavy atom. The summed E-state index contributed by atoms with van der Waals surface area (Å²) in [5, 5.41) is 2.80. The number of ether oxygens (including phenoxy) is 2. The van der Waals surface area contributed by atoms with Gasteiger partial charge in [0, 0.05) is 24.4 Å². The summed E-state index contributed by atoms with van der Waals surface area (Å²) in [4.78, 5) is 18.1. The lowest BCUT2D eigenvalue weighted by molar-refractivity contribution is -0.124. The Hall–Kier alpha value is -3.02. The molecule has 11 heteroatoms. The molecular weight excluding hydrogens is 517 g/mol. The van der Waals surface area contributed by atoms with Gasteiger partial charge in [-0.1, -0.05) is 12.1 Å². The minimum Gasteiger partial charge on any atom is -0.493 e. The number of hydrogen-bond acceptors (Lipinski definition) is 7. The molecule has 3 aromatic rings. The standard InChI is InChI=1S/C26H30FN3O5S2/c1-18-25(36-17-29-18)11-13-35-23-10-9-19(14-24(23)34-2)16-30(22-8-3-4-12-28-26(22)31)37(32,33)21-7-5-6-20(27)15-21/h5-7,9-10,14-15,17,22H,3-4,8,11-13,16H2,1-2H3,(H,28,31). The van der Waals surface area contributed by atoms with Crippen LogP contribution >= 0.6 is 11.3 Å². The molecule has 0 spiro atoms. The normalized spacial score (nSPS) is 16.3. The van der Waals surface area contributed by atoms with Crippen LogP contribution in [0.2, 0.25) is 0 Å². The van der Waals surface area contributed by atoms with Gasteiger partial charge in [0.1, 0.15) is 11.9 Å². The van der Waals surface area contributed by atoms with E-state index in [2.05, 4.69) is 10.3 Å². The summed E-state index contributed by atoms with van der Waals surface area (Å²) in [5.74, 6) is -0.0436. The van der Waals surface area contributed by atoms with E-state index in [9.17, 15) is 17.6 Å². The Balaban J connectivity index is 1.60. The molecule has 37 heavy (non-hydrogen) atoms. The zero-order chi connectivity index (χ0) is 26.4. The molecule has 4 rings (SSSR count). The molecule has 198 valence electrons. The summed E-state index contributed by atoms with van der Waals surface area (Å²) >= 11 is 1.58. The highest BCUT2D eigenvalue weighted by Gasteiger charge is 2.36. The van der Waals surface area contributed by atoms with Gasteiger partial charge in [0.15, 0.2) is 11.5 Å². The maximum absolute atomic E-state index is 13.9. The summed E-state index contributed by atoms with van der Waals surface area (Å²) in [5.41, 5.74) is 3.40. The van der Waals surface area contributed by atoms with E-state index in [0.717, 1.165) is 27.4 Å². The number of sulfonamides is 1. The molecule has 1 amide bonds. The van der Waals surface area contributed by atoms with Crippen LogP contribution in [-0.2, 0) is 27.8 Å². The van der Waals surface area contributed by atoms with Gasteiger partial charge < -0.3 is 14.8 Å². The van der Waals surface area contributed by atoms with Crippen LogP contribution in [0.25, 0.3) is 0 Å². The highest BCUT2D eigenvalue weighted by Crippen LogP contribution is 2.31. The van der Waals surface area contributed by atoms with Crippen molar-refractivity contribution in [1.29, 1.82) is 0 Å². The first-order valence-corrected chi connectivity index (χ1v) is 14.4. The number of methoxy groups -OCH3 is 1. The minimum atomic E-state index is -4.19. The van der Waals surface area contributed by atoms with E-state index in [4.69, 9.17) is 9.47 Å². The number of benzene rings is 2. The second kappa shape index (κ2) is 12.0. The number of carbonyl (C=O) groups excluding carboxylic acids is 1. The molecule has 1 N–H and O–H groups in total. The van der Waals surface area contributed by atoms with Gasteiger partial charge in [-0.25, -0.2) is 17.8 Å². The first kappa shape index (κ1) is 27.0. The van der Waals surface area contributed by atoms with Crippen molar-refractivity contribution in [3.05, 3.63) is 69.9 Å². The van der Waals surface area contributed by atoms with Gasteiger partial charge in [-0.2, -0.15) is 4.31 Å². The molecule has 0 aliphatic carbocycles.